The van der Waals surface area contributed by atoms with Crippen molar-refractivity contribution in [3.05, 3.63) is 30.1 Å². The molecule has 27 heavy (non-hydrogen) atoms. The zero-order valence-electron chi connectivity index (χ0n) is 14.6. The van der Waals surface area contributed by atoms with E-state index < -0.39 is 42.1 Å². The summed E-state index contributed by atoms with van der Waals surface area (Å²) in [5.74, 6) is 0. The van der Waals surface area contributed by atoms with Crippen LogP contribution in [0.1, 0.15) is 5.56 Å². The summed E-state index contributed by atoms with van der Waals surface area (Å²) in [5.41, 5.74) is -0.387. The van der Waals surface area contributed by atoms with E-state index in [0.717, 1.165) is 11.8 Å². The number of aliphatic hydroxyl groups excluding tert-OH is 2. The van der Waals surface area contributed by atoms with Crippen molar-refractivity contribution in [3.8, 4) is 0 Å². The number of pyridine rings is 1. The number of alkyl halides is 3. The molecule has 11 heteroatoms. The van der Waals surface area contributed by atoms with Gasteiger partial charge in [-0.15, -0.1) is 0 Å². The Kier molecular flexibility index (Phi) is 5.96. The van der Waals surface area contributed by atoms with Crippen LogP contribution in [0.15, 0.2) is 29.5 Å². The molecular weight excluding hydrogens is 387 g/mol. The Morgan fingerprint density at radius 3 is 2.67 bits per heavy atom. The van der Waals surface area contributed by atoms with E-state index in [-0.39, 0.29) is 6.61 Å². The first-order chi connectivity index (χ1) is 12.7. The molecule has 150 valence electrons. The van der Waals surface area contributed by atoms with Crippen molar-refractivity contribution in [2.75, 3.05) is 14.1 Å². The molecule has 0 saturated carbocycles. The number of ether oxygens (including phenoxy) is 2. The fourth-order valence-electron chi connectivity index (χ4n) is 2.89. The van der Waals surface area contributed by atoms with Crippen LogP contribution >= 0.6 is 11.8 Å². The van der Waals surface area contributed by atoms with E-state index >= 15 is 0 Å². The number of rotatable bonds is 4. The van der Waals surface area contributed by atoms with Crippen molar-refractivity contribution >= 4 is 16.9 Å². The number of hydrogen-bond donors (Lipinski definition) is 2. The maximum atomic E-state index is 13.6. The summed E-state index contributed by atoms with van der Waals surface area (Å²) >= 11 is 1.10. The molecule has 0 bridgehead atoms. The quantitative estimate of drug-likeness (QED) is 0.770. The summed E-state index contributed by atoms with van der Waals surface area (Å²) in [6, 6.07) is 2.32. The van der Waals surface area contributed by atoms with Gasteiger partial charge in [0.25, 0.3) is 0 Å². The van der Waals surface area contributed by atoms with Crippen molar-refractivity contribution in [1.29, 1.82) is 0 Å². The van der Waals surface area contributed by atoms with Crippen LogP contribution in [0.4, 0.5) is 13.2 Å². The van der Waals surface area contributed by atoms with Gasteiger partial charge in [0.05, 0.1) is 6.61 Å². The number of thioether (sulfide) groups is 1. The minimum Gasteiger partial charge on any atom is -0.388 e. The molecule has 1 saturated heterocycles. The predicted molar refractivity (Wildman–Crippen MR) is 92.0 cm³/mol. The molecule has 1 aromatic heterocycles. The molecular formula is C16H20F3N3O4S. The van der Waals surface area contributed by atoms with Gasteiger partial charge >= 0.3 is 6.18 Å². The second-order valence-corrected chi connectivity index (χ2v) is 7.56. The first-order valence-corrected chi connectivity index (χ1v) is 9.07. The van der Waals surface area contributed by atoms with Crippen molar-refractivity contribution in [3.63, 3.8) is 0 Å². The normalized spacial score (nSPS) is 32.0. The monoisotopic (exact) mass is 407 g/mol. The second-order valence-electron chi connectivity index (χ2n) is 6.50. The van der Waals surface area contributed by atoms with Gasteiger partial charge < -0.3 is 24.6 Å². The van der Waals surface area contributed by atoms with Gasteiger partial charge in [-0.2, -0.15) is 13.2 Å². The summed E-state index contributed by atoms with van der Waals surface area (Å²) in [5, 5.41) is 21.1. The first kappa shape index (κ1) is 20.3. The Hall–Kier alpha value is -1.40. The molecule has 1 unspecified atom stereocenters. The molecule has 2 aliphatic heterocycles. The van der Waals surface area contributed by atoms with Crippen LogP contribution in [-0.2, 0) is 16.1 Å². The summed E-state index contributed by atoms with van der Waals surface area (Å²) in [4.78, 5) is 9.73. The van der Waals surface area contributed by atoms with Crippen LogP contribution in [0.5, 0.6) is 0 Å². The molecule has 6 atom stereocenters. The molecule has 2 N–H and O–H groups in total. The van der Waals surface area contributed by atoms with E-state index in [1.807, 2.05) is 0 Å². The Bertz CT molecular complexity index is 677. The lowest BCUT2D eigenvalue weighted by Gasteiger charge is -2.41. The highest BCUT2D eigenvalue weighted by molar-refractivity contribution is 8.14. The zero-order valence-corrected chi connectivity index (χ0v) is 15.4. The standard InChI is InChI=1S/C16H20F3N3O4S/c1-22(2)15-21-9-10(23)11(24)12(26-14(9)27-15)13(16(17,18)19)25-7-8-4-3-5-20-6-8/h3-6,9-14,23-24H,7H2,1-2H3/t9-,10-,11+,12?,13-,14-/m1/s1. The molecule has 0 radical (unpaired) electrons. The van der Waals surface area contributed by atoms with E-state index in [0.29, 0.717) is 10.7 Å². The van der Waals surface area contributed by atoms with Crippen LogP contribution in [0.25, 0.3) is 0 Å². The Labute approximate surface area is 158 Å². The molecule has 3 rings (SSSR count). The van der Waals surface area contributed by atoms with Gasteiger partial charge in [-0.1, -0.05) is 17.8 Å². The van der Waals surface area contributed by atoms with Gasteiger partial charge in [0.15, 0.2) is 11.3 Å². The van der Waals surface area contributed by atoms with Crippen LogP contribution < -0.4 is 0 Å². The summed E-state index contributed by atoms with van der Waals surface area (Å²) in [6.45, 7) is -0.360. The second kappa shape index (κ2) is 7.92. The summed E-state index contributed by atoms with van der Waals surface area (Å²) in [7, 11) is 3.44. The Morgan fingerprint density at radius 1 is 1.33 bits per heavy atom. The summed E-state index contributed by atoms with van der Waals surface area (Å²) < 4.78 is 51.4. The van der Waals surface area contributed by atoms with E-state index in [9.17, 15) is 23.4 Å². The van der Waals surface area contributed by atoms with Crippen LogP contribution in [0, 0.1) is 0 Å². The highest BCUT2D eigenvalue weighted by Crippen LogP contribution is 2.40. The Balaban J connectivity index is 1.77. The van der Waals surface area contributed by atoms with Gasteiger partial charge in [0.1, 0.15) is 29.8 Å². The SMILES string of the molecule is CN(C)C1=N[C@@H]2[C@@H](O)[C@H](O)C([C@@H](OCc3cccnc3)C(F)(F)F)O[C@@H]2S1. The van der Waals surface area contributed by atoms with Gasteiger partial charge in [-0.3, -0.25) is 9.98 Å². The van der Waals surface area contributed by atoms with Crippen molar-refractivity contribution in [2.45, 2.75) is 48.7 Å². The number of nitrogens with zero attached hydrogens (tertiary/aromatic N) is 3. The molecule has 0 amide bonds. The lowest BCUT2D eigenvalue weighted by molar-refractivity contribution is -0.286. The van der Waals surface area contributed by atoms with E-state index in [2.05, 4.69) is 9.98 Å². The molecule has 7 nitrogen and oxygen atoms in total. The average Bonchev–Trinajstić information content (AvgIpc) is 3.03. The molecule has 3 heterocycles. The predicted octanol–water partition coefficient (Wildman–Crippen LogP) is 1.01. The molecule has 0 aromatic carbocycles. The number of aliphatic imine (C=N–C) groups is 1. The number of aromatic nitrogens is 1. The fourth-order valence-corrected chi connectivity index (χ4v) is 4.03. The fraction of sp³-hybridized carbons (Fsp3) is 0.625. The van der Waals surface area contributed by atoms with E-state index in [1.165, 1.54) is 12.4 Å². The number of aliphatic hydroxyl groups is 2. The third kappa shape index (κ3) is 4.37. The third-order valence-corrected chi connectivity index (χ3v) is 5.55. The topological polar surface area (TPSA) is 87.4 Å². The maximum Gasteiger partial charge on any atom is 0.417 e. The molecule has 0 aliphatic carbocycles. The van der Waals surface area contributed by atoms with E-state index in [1.54, 1.807) is 31.1 Å². The third-order valence-electron chi connectivity index (χ3n) is 4.24. The molecule has 0 spiro atoms. The number of hydrogen-bond acceptors (Lipinski definition) is 8. The van der Waals surface area contributed by atoms with Gasteiger partial charge in [-0.05, 0) is 11.6 Å². The highest BCUT2D eigenvalue weighted by Gasteiger charge is 2.57. The Morgan fingerprint density at radius 2 is 2.07 bits per heavy atom. The number of fused-ring (bicyclic) bond motifs is 1. The van der Waals surface area contributed by atoms with Crippen LogP contribution in [0.2, 0.25) is 0 Å². The largest absolute Gasteiger partial charge is 0.417 e. The van der Waals surface area contributed by atoms with Crippen LogP contribution in [-0.4, -0.2) is 81.4 Å². The lowest BCUT2D eigenvalue weighted by Crippen LogP contribution is -2.61. The zero-order chi connectivity index (χ0) is 19.8. The van der Waals surface area contributed by atoms with E-state index in [4.69, 9.17) is 9.47 Å². The summed E-state index contributed by atoms with van der Waals surface area (Å²) in [6.07, 6.45) is -9.39. The number of amidine groups is 1. The lowest BCUT2D eigenvalue weighted by atomic mass is 9.94. The minimum atomic E-state index is -4.80. The number of halogens is 3. The molecule has 2 aliphatic rings. The van der Waals surface area contributed by atoms with Crippen molar-refractivity contribution < 1.29 is 32.9 Å². The van der Waals surface area contributed by atoms with Gasteiger partial charge in [-0.25, -0.2) is 0 Å². The van der Waals surface area contributed by atoms with Crippen LogP contribution in [0.3, 0.4) is 0 Å². The van der Waals surface area contributed by atoms with Crippen molar-refractivity contribution in [1.82, 2.24) is 9.88 Å². The smallest absolute Gasteiger partial charge is 0.388 e. The average molecular weight is 407 g/mol. The molecule has 1 fully saturated rings. The van der Waals surface area contributed by atoms with Gasteiger partial charge in [0, 0.05) is 26.5 Å². The van der Waals surface area contributed by atoms with Crippen molar-refractivity contribution in [2.24, 2.45) is 4.99 Å². The van der Waals surface area contributed by atoms with Gasteiger partial charge in [0.2, 0.25) is 0 Å². The maximum absolute atomic E-state index is 13.6. The first-order valence-electron chi connectivity index (χ1n) is 8.19. The highest BCUT2D eigenvalue weighted by atomic mass is 32.2. The minimum absolute atomic E-state index is 0.360. The molecule has 1 aromatic rings.